The van der Waals surface area contributed by atoms with Crippen molar-refractivity contribution in [3.63, 3.8) is 0 Å². The molecule has 1 fully saturated rings. The molecule has 10 heteroatoms. The molecule has 0 aliphatic carbocycles. The van der Waals surface area contributed by atoms with Crippen LogP contribution in [0.3, 0.4) is 0 Å². The van der Waals surface area contributed by atoms with E-state index in [0.717, 1.165) is 5.56 Å². The molecule has 0 saturated carbocycles. The summed E-state index contributed by atoms with van der Waals surface area (Å²) >= 11 is 0. The number of anilines is 2. The standard InChI is InChI=1S/C24H31FN6O3/c1-6-34-19-8-7-16(11-18(19)25)15(4)26-22-17-12-31(14(2)3)23(33)21(17)27-24(28-22)30-10-9-29(5)20(32)13-30/h7-8,11,14-15H,6,9-10,12-13H2,1-5H3,(H,26,27,28). The highest BCUT2D eigenvalue weighted by molar-refractivity contribution is 5.98. The molecule has 182 valence electrons. The van der Waals surface area contributed by atoms with Gasteiger partial charge in [-0.2, -0.15) is 4.98 Å². The first-order valence-corrected chi connectivity index (χ1v) is 11.6. The van der Waals surface area contributed by atoms with Crippen molar-refractivity contribution in [2.24, 2.45) is 0 Å². The zero-order valence-electron chi connectivity index (χ0n) is 20.3. The molecule has 1 aromatic heterocycles. The van der Waals surface area contributed by atoms with Gasteiger partial charge in [-0.15, -0.1) is 0 Å². The molecule has 1 saturated heterocycles. The fraction of sp³-hybridized carbons (Fsp3) is 0.500. The molecule has 0 radical (unpaired) electrons. The van der Waals surface area contributed by atoms with Crippen molar-refractivity contribution in [3.05, 3.63) is 40.8 Å². The van der Waals surface area contributed by atoms with Gasteiger partial charge in [0.15, 0.2) is 11.6 Å². The Hall–Kier alpha value is -3.43. The highest BCUT2D eigenvalue weighted by Gasteiger charge is 2.36. The zero-order valence-corrected chi connectivity index (χ0v) is 20.3. The lowest BCUT2D eigenvalue weighted by Gasteiger charge is -2.32. The van der Waals surface area contributed by atoms with Crippen molar-refractivity contribution in [1.82, 2.24) is 19.8 Å². The quantitative estimate of drug-likeness (QED) is 0.665. The third kappa shape index (κ3) is 4.49. The van der Waals surface area contributed by atoms with Crippen molar-refractivity contribution >= 4 is 23.6 Å². The molecule has 1 aromatic carbocycles. The van der Waals surface area contributed by atoms with Gasteiger partial charge in [0.05, 0.1) is 25.7 Å². The summed E-state index contributed by atoms with van der Waals surface area (Å²) in [7, 11) is 1.76. The van der Waals surface area contributed by atoms with Crippen molar-refractivity contribution in [2.75, 3.05) is 43.5 Å². The number of likely N-dealkylation sites (N-methyl/N-ethyl adjacent to an activating group) is 1. The topological polar surface area (TPSA) is 90.9 Å². The van der Waals surface area contributed by atoms with Crippen LogP contribution in [0.5, 0.6) is 5.75 Å². The number of amides is 2. The summed E-state index contributed by atoms with van der Waals surface area (Å²) in [5.74, 6) is 0.451. The lowest BCUT2D eigenvalue weighted by molar-refractivity contribution is -0.129. The second-order valence-corrected chi connectivity index (χ2v) is 8.95. The number of fused-ring (bicyclic) bond motifs is 1. The number of hydrogen-bond donors (Lipinski definition) is 1. The fourth-order valence-electron chi connectivity index (χ4n) is 4.13. The first kappa shape index (κ1) is 23.7. The molecule has 2 aliphatic heterocycles. The molecular formula is C24H31FN6O3. The van der Waals surface area contributed by atoms with Gasteiger partial charge in [0.25, 0.3) is 5.91 Å². The first-order chi connectivity index (χ1) is 16.2. The van der Waals surface area contributed by atoms with Crippen LogP contribution in [0.4, 0.5) is 16.2 Å². The number of ether oxygens (including phenoxy) is 1. The molecular weight excluding hydrogens is 439 g/mol. The van der Waals surface area contributed by atoms with Crippen LogP contribution < -0.4 is 15.0 Å². The number of nitrogens with one attached hydrogen (secondary N) is 1. The van der Waals surface area contributed by atoms with Gasteiger partial charge in [0, 0.05) is 31.7 Å². The number of hydrogen-bond acceptors (Lipinski definition) is 7. The number of rotatable bonds is 7. The van der Waals surface area contributed by atoms with E-state index >= 15 is 0 Å². The highest BCUT2D eigenvalue weighted by atomic mass is 19.1. The molecule has 3 heterocycles. The zero-order chi connectivity index (χ0) is 24.6. The minimum Gasteiger partial charge on any atom is -0.491 e. The molecule has 9 nitrogen and oxygen atoms in total. The van der Waals surface area contributed by atoms with E-state index in [1.165, 1.54) is 6.07 Å². The van der Waals surface area contributed by atoms with Crippen molar-refractivity contribution in [1.29, 1.82) is 0 Å². The number of benzene rings is 1. The minimum absolute atomic E-state index is 0.000781. The molecule has 4 rings (SSSR count). The lowest BCUT2D eigenvalue weighted by Crippen LogP contribution is -2.49. The largest absolute Gasteiger partial charge is 0.491 e. The molecule has 34 heavy (non-hydrogen) atoms. The second-order valence-electron chi connectivity index (χ2n) is 8.95. The van der Waals surface area contributed by atoms with E-state index in [2.05, 4.69) is 10.3 Å². The number of carbonyl (C=O) groups excluding carboxylic acids is 2. The lowest BCUT2D eigenvalue weighted by atomic mass is 10.1. The van der Waals surface area contributed by atoms with E-state index in [9.17, 15) is 14.0 Å². The van der Waals surface area contributed by atoms with Gasteiger partial charge >= 0.3 is 0 Å². The summed E-state index contributed by atoms with van der Waals surface area (Å²) < 4.78 is 19.7. The highest BCUT2D eigenvalue weighted by Crippen LogP contribution is 2.33. The molecule has 2 aromatic rings. The summed E-state index contributed by atoms with van der Waals surface area (Å²) in [5.41, 5.74) is 1.77. The maximum Gasteiger partial charge on any atom is 0.273 e. The third-order valence-corrected chi connectivity index (χ3v) is 6.26. The number of carbonyl (C=O) groups is 2. The summed E-state index contributed by atoms with van der Waals surface area (Å²) in [5, 5.41) is 3.36. The van der Waals surface area contributed by atoms with E-state index in [1.807, 2.05) is 20.8 Å². The van der Waals surface area contributed by atoms with Crippen molar-refractivity contribution in [2.45, 2.75) is 46.3 Å². The summed E-state index contributed by atoms with van der Waals surface area (Å²) in [4.78, 5) is 39.9. The SMILES string of the molecule is CCOc1ccc(C(C)Nc2nc(N3CCN(C)C(=O)C3)nc3c2CN(C(C)C)C3=O)cc1F. The fourth-order valence-corrected chi connectivity index (χ4v) is 4.13. The summed E-state index contributed by atoms with van der Waals surface area (Å²) in [6, 6.07) is 4.56. The Labute approximate surface area is 198 Å². The smallest absolute Gasteiger partial charge is 0.273 e. The van der Waals surface area contributed by atoms with Crippen LogP contribution in [0.15, 0.2) is 18.2 Å². The average Bonchev–Trinajstić information content (AvgIpc) is 3.14. The van der Waals surface area contributed by atoms with Crippen LogP contribution in [-0.2, 0) is 11.3 Å². The van der Waals surface area contributed by atoms with E-state index < -0.39 is 5.82 Å². The maximum absolute atomic E-state index is 14.5. The van der Waals surface area contributed by atoms with Gasteiger partial charge < -0.3 is 24.8 Å². The Bertz CT molecular complexity index is 1110. The molecule has 2 aliphatic rings. The third-order valence-electron chi connectivity index (χ3n) is 6.26. The summed E-state index contributed by atoms with van der Waals surface area (Å²) in [6.07, 6.45) is 0. The second kappa shape index (κ2) is 9.44. The van der Waals surface area contributed by atoms with E-state index in [1.54, 1.807) is 40.8 Å². The Kier molecular flexibility index (Phi) is 6.58. The van der Waals surface area contributed by atoms with Crippen LogP contribution in [0.25, 0.3) is 0 Å². The minimum atomic E-state index is -0.432. The first-order valence-electron chi connectivity index (χ1n) is 11.6. The number of aromatic nitrogens is 2. The molecule has 0 spiro atoms. The predicted octanol–water partition coefficient (Wildman–Crippen LogP) is 2.83. The number of halogens is 1. The van der Waals surface area contributed by atoms with Gasteiger partial charge in [-0.05, 0) is 45.4 Å². The monoisotopic (exact) mass is 470 g/mol. The van der Waals surface area contributed by atoms with Crippen LogP contribution in [0.2, 0.25) is 0 Å². The number of nitrogens with zero attached hydrogens (tertiary/aromatic N) is 5. The summed E-state index contributed by atoms with van der Waals surface area (Å²) in [6.45, 7) is 9.66. The van der Waals surface area contributed by atoms with E-state index in [0.29, 0.717) is 49.3 Å². The molecule has 0 bridgehead atoms. The Morgan fingerprint density at radius 3 is 2.56 bits per heavy atom. The molecule has 2 amide bonds. The molecule has 1 N–H and O–H groups in total. The Balaban J connectivity index is 1.68. The molecule has 1 unspecified atom stereocenters. The van der Waals surface area contributed by atoms with Gasteiger partial charge in [0.2, 0.25) is 11.9 Å². The van der Waals surface area contributed by atoms with Crippen LogP contribution in [0, 0.1) is 5.82 Å². The normalized spacial score (nSPS) is 16.9. The molecule has 1 atom stereocenters. The van der Waals surface area contributed by atoms with E-state index in [-0.39, 0.29) is 36.2 Å². The van der Waals surface area contributed by atoms with Crippen LogP contribution in [-0.4, -0.2) is 70.9 Å². The Morgan fingerprint density at radius 1 is 1.15 bits per heavy atom. The van der Waals surface area contributed by atoms with Gasteiger partial charge in [-0.3, -0.25) is 9.59 Å². The van der Waals surface area contributed by atoms with E-state index in [4.69, 9.17) is 9.72 Å². The van der Waals surface area contributed by atoms with Gasteiger partial charge in [-0.1, -0.05) is 6.07 Å². The van der Waals surface area contributed by atoms with Crippen LogP contribution in [0.1, 0.15) is 55.4 Å². The predicted molar refractivity (Wildman–Crippen MR) is 126 cm³/mol. The van der Waals surface area contributed by atoms with Gasteiger partial charge in [0.1, 0.15) is 11.5 Å². The maximum atomic E-state index is 14.5. The number of piperazine rings is 1. The van der Waals surface area contributed by atoms with Crippen molar-refractivity contribution < 1.29 is 18.7 Å². The van der Waals surface area contributed by atoms with Crippen LogP contribution >= 0.6 is 0 Å². The van der Waals surface area contributed by atoms with Crippen molar-refractivity contribution in [3.8, 4) is 5.75 Å². The Morgan fingerprint density at radius 2 is 1.91 bits per heavy atom. The average molecular weight is 471 g/mol. The van der Waals surface area contributed by atoms with Gasteiger partial charge in [-0.25, -0.2) is 9.37 Å².